The van der Waals surface area contributed by atoms with Gasteiger partial charge in [0.1, 0.15) is 31.6 Å². The molecule has 64 heavy (non-hydrogen) atoms. The molecule has 12 nitrogen and oxygen atoms in total. The topological polar surface area (TPSA) is 100 Å². The number of aromatic nitrogens is 6. The minimum absolute atomic E-state index is 0. The van der Waals surface area contributed by atoms with Crippen LogP contribution in [0.2, 0.25) is 0 Å². The normalized spacial score (nSPS) is 22.6. The van der Waals surface area contributed by atoms with Crippen molar-refractivity contribution >= 4 is 0 Å². The van der Waals surface area contributed by atoms with E-state index in [9.17, 15) is 0 Å². The van der Waals surface area contributed by atoms with Gasteiger partial charge in [0.25, 0.3) is 0 Å². The van der Waals surface area contributed by atoms with Crippen LogP contribution in [0, 0.1) is 20.8 Å². The summed E-state index contributed by atoms with van der Waals surface area (Å²) in [6, 6.07) is 25.6. The molecule has 0 saturated carbocycles. The summed E-state index contributed by atoms with van der Waals surface area (Å²) in [6.07, 6.45) is 9.12. The van der Waals surface area contributed by atoms with E-state index in [0.717, 1.165) is 103 Å². The minimum Gasteiger partial charge on any atom is -0.322 e. The number of quaternary nitrogens is 3. The van der Waals surface area contributed by atoms with Crippen LogP contribution in [0.25, 0.3) is 45.6 Å². The van der Waals surface area contributed by atoms with Crippen molar-refractivity contribution in [2.45, 2.75) is 79.7 Å². The van der Waals surface area contributed by atoms with Crippen LogP contribution in [0.5, 0.6) is 0 Å². The van der Waals surface area contributed by atoms with Crippen LogP contribution in [-0.4, -0.2) is 124 Å². The molecule has 9 heterocycles. The first-order valence-electron chi connectivity index (χ1n) is 22.8. The maximum absolute atomic E-state index is 5.15. The Morgan fingerprint density at radius 1 is 0.484 bits per heavy atom. The van der Waals surface area contributed by atoms with Gasteiger partial charge in [0.05, 0.1) is 91.9 Å². The molecular formula is C51H67FeN12+3. The first-order valence-corrected chi connectivity index (χ1v) is 22.8. The second-order valence-electron chi connectivity index (χ2n) is 18.4. The summed E-state index contributed by atoms with van der Waals surface area (Å²) in [7, 11) is 6.69. The molecule has 336 valence electrons. The molecule has 0 aromatic carbocycles. The Labute approximate surface area is 391 Å². The standard InChI is InChI=1S/C34H42N8.C17H22N4.Fe/c1-23-7-9-35-29(15-23)33-19-28(22-42-14-12-40(6)26(42)4)20-34(38-33)32-17-24(2)16-31(37-32)30-18-27(8-10-36-30)21-41-13-11-39(5)25(41)3;1-13-4-6-18-16(10-13)17-11-15(5-7-19-17)12-21-9-8-20(3)14(21)2;/h7-10,15-20,25-26H,11-14,21-22H2,1-6H3;4-7,10-11,14H,8-9,12H2,1-3H3;/p+3. The van der Waals surface area contributed by atoms with E-state index >= 15 is 0 Å². The molecule has 0 amide bonds. The first kappa shape index (κ1) is 47.2. The molecule has 6 atom stereocenters. The maximum Gasteiger partial charge on any atom is 0.141 e. The fourth-order valence-corrected chi connectivity index (χ4v) is 9.22. The van der Waals surface area contributed by atoms with E-state index in [1.165, 1.54) is 34.4 Å². The summed E-state index contributed by atoms with van der Waals surface area (Å²) in [5, 5.41) is 0. The van der Waals surface area contributed by atoms with Crippen molar-refractivity contribution in [1.29, 1.82) is 0 Å². The zero-order valence-corrected chi connectivity index (χ0v) is 40.3. The molecule has 6 unspecified atom stereocenters. The molecule has 3 fully saturated rings. The quantitative estimate of drug-likeness (QED) is 0.179. The van der Waals surface area contributed by atoms with Crippen molar-refractivity contribution in [3.05, 3.63) is 131 Å². The number of likely N-dealkylation sites (N-methyl/N-ethyl adjacent to an activating group) is 3. The van der Waals surface area contributed by atoms with Gasteiger partial charge in [0.2, 0.25) is 0 Å². The zero-order valence-electron chi connectivity index (χ0n) is 39.2. The number of nitrogens with one attached hydrogen (secondary N) is 3. The minimum atomic E-state index is 0. The predicted molar refractivity (Wildman–Crippen MR) is 250 cm³/mol. The summed E-state index contributed by atoms with van der Waals surface area (Å²) in [5.74, 6) is 0. The Morgan fingerprint density at radius 2 is 0.891 bits per heavy atom. The van der Waals surface area contributed by atoms with E-state index in [4.69, 9.17) is 15.0 Å². The van der Waals surface area contributed by atoms with Crippen molar-refractivity contribution in [1.82, 2.24) is 44.6 Å². The molecule has 6 aromatic heterocycles. The van der Waals surface area contributed by atoms with E-state index in [1.807, 2.05) is 36.9 Å². The van der Waals surface area contributed by atoms with Gasteiger partial charge < -0.3 is 14.7 Å². The summed E-state index contributed by atoms with van der Waals surface area (Å²) in [6.45, 7) is 23.1. The molecule has 3 N–H and O–H groups in total. The van der Waals surface area contributed by atoms with Crippen molar-refractivity contribution in [3.63, 3.8) is 0 Å². The fourth-order valence-electron chi connectivity index (χ4n) is 9.22. The molecule has 0 aliphatic carbocycles. The van der Waals surface area contributed by atoms with Gasteiger partial charge in [-0.15, -0.1) is 0 Å². The van der Waals surface area contributed by atoms with Gasteiger partial charge in [-0.25, -0.2) is 14.9 Å². The largest absolute Gasteiger partial charge is 0.322 e. The average molecular weight is 904 g/mol. The van der Waals surface area contributed by atoms with Crippen LogP contribution >= 0.6 is 0 Å². The van der Waals surface area contributed by atoms with Crippen molar-refractivity contribution < 1.29 is 31.8 Å². The molecule has 0 bridgehead atoms. The first-order chi connectivity index (χ1) is 30.4. The molecule has 3 aliphatic rings. The van der Waals surface area contributed by atoms with Gasteiger partial charge >= 0.3 is 0 Å². The second kappa shape index (κ2) is 21.0. The Kier molecular flexibility index (Phi) is 15.5. The van der Waals surface area contributed by atoms with Gasteiger partial charge in [0, 0.05) is 80.3 Å². The molecule has 9 rings (SSSR count). The van der Waals surface area contributed by atoms with Crippen molar-refractivity contribution in [2.24, 2.45) is 0 Å². The molecular weight excluding hydrogens is 836 g/mol. The SMILES string of the molecule is Cc1ccnc(-c2cc(CN3CC[NH+](C)C3C)ccn2)c1.Cc1ccnc(-c2cc(C[NH+]3CCN(C)C3C)cc(-c3cc(C)cc(-c4cc(C[NH+]5CCN(C)C5C)ccn4)n3)n2)c1.[Fe]. The van der Waals surface area contributed by atoms with E-state index in [0.29, 0.717) is 18.5 Å². The van der Waals surface area contributed by atoms with E-state index in [-0.39, 0.29) is 17.1 Å². The zero-order chi connectivity index (χ0) is 44.2. The van der Waals surface area contributed by atoms with Crippen molar-refractivity contribution in [3.8, 4) is 45.6 Å². The molecule has 0 radical (unpaired) electrons. The molecule has 3 saturated heterocycles. The van der Waals surface area contributed by atoms with Crippen LogP contribution in [0.4, 0.5) is 0 Å². The van der Waals surface area contributed by atoms with Gasteiger partial charge in [-0.05, 0) is 130 Å². The third-order valence-corrected chi connectivity index (χ3v) is 13.8. The Morgan fingerprint density at radius 3 is 1.41 bits per heavy atom. The number of hydrogen-bond acceptors (Lipinski definition) is 9. The third kappa shape index (κ3) is 11.3. The summed E-state index contributed by atoms with van der Waals surface area (Å²) < 4.78 is 0. The van der Waals surface area contributed by atoms with Crippen LogP contribution in [0.15, 0.2) is 97.6 Å². The Bertz CT molecular complexity index is 2510. The number of rotatable bonds is 10. The molecule has 6 aromatic rings. The number of hydrogen-bond donors (Lipinski definition) is 3. The van der Waals surface area contributed by atoms with Gasteiger partial charge in [0.15, 0.2) is 0 Å². The average Bonchev–Trinajstić information content (AvgIpc) is 3.90. The summed E-state index contributed by atoms with van der Waals surface area (Å²) in [5.41, 5.74) is 14.6. The monoisotopic (exact) mass is 903 g/mol. The van der Waals surface area contributed by atoms with Gasteiger partial charge in [-0.2, -0.15) is 0 Å². The number of nitrogens with zero attached hydrogens (tertiary/aromatic N) is 9. The van der Waals surface area contributed by atoms with Crippen LogP contribution < -0.4 is 14.7 Å². The van der Waals surface area contributed by atoms with E-state index < -0.39 is 0 Å². The summed E-state index contributed by atoms with van der Waals surface area (Å²) >= 11 is 0. The van der Waals surface area contributed by atoms with Crippen LogP contribution in [-0.2, 0) is 36.7 Å². The van der Waals surface area contributed by atoms with Gasteiger partial charge in [-0.1, -0.05) is 0 Å². The second-order valence-corrected chi connectivity index (χ2v) is 18.4. The van der Waals surface area contributed by atoms with Crippen LogP contribution in [0.3, 0.4) is 0 Å². The van der Waals surface area contributed by atoms with Crippen molar-refractivity contribution in [2.75, 3.05) is 60.4 Å². The third-order valence-electron chi connectivity index (χ3n) is 13.8. The molecule has 3 aliphatic heterocycles. The molecule has 13 heteroatoms. The number of pyridine rings is 6. The summed E-state index contributed by atoms with van der Waals surface area (Å²) in [4.78, 5) is 40.7. The maximum atomic E-state index is 5.15. The number of aryl methyl sites for hydroxylation is 3. The molecule has 0 spiro atoms. The van der Waals surface area contributed by atoms with E-state index in [2.05, 4.69) is 153 Å². The fraction of sp³-hybridized carbons (Fsp3) is 0.412. The Hall–Kier alpha value is -4.82. The van der Waals surface area contributed by atoms with Gasteiger partial charge in [-0.3, -0.25) is 29.7 Å². The van der Waals surface area contributed by atoms with Crippen LogP contribution in [0.1, 0.15) is 54.2 Å². The smallest absolute Gasteiger partial charge is 0.141 e. The Balaban J connectivity index is 0.000000234. The van der Waals surface area contributed by atoms with E-state index in [1.54, 1.807) is 14.7 Å². The predicted octanol–water partition coefficient (Wildman–Crippen LogP) is 3.36.